The van der Waals surface area contributed by atoms with Crippen LogP contribution >= 0.6 is 0 Å². The van der Waals surface area contributed by atoms with E-state index in [-0.39, 0.29) is 0 Å². The Morgan fingerprint density at radius 3 is 2.35 bits per heavy atom. The maximum Gasteiger partial charge on any atom is 0.0458 e. The fourth-order valence-electron chi connectivity index (χ4n) is 2.26. The van der Waals surface area contributed by atoms with E-state index in [1.165, 1.54) is 22.2 Å². The smallest absolute Gasteiger partial charge is 0.0458 e. The highest BCUT2D eigenvalue weighted by Gasteiger charge is 1.97. The van der Waals surface area contributed by atoms with Gasteiger partial charge < -0.3 is 9.88 Å². The molecule has 3 rings (SSSR count). The van der Waals surface area contributed by atoms with Crippen LogP contribution < -0.4 is 4.90 Å². The molecule has 1 aromatic heterocycles. The molecule has 0 atom stereocenters. The van der Waals surface area contributed by atoms with E-state index in [4.69, 9.17) is 0 Å². The maximum absolute atomic E-state index is 3.40. The number of anilines is 1. The second kappa shape index (κ2) is 5.25. The Morgan fingerprint density at radius 2 is 1.65 bits per heavy atom. The van der Waals surface area contributed by atoms with Gasteiger partial charge in [-0.1, -0.05) is 36.4 Å². The van der Waals surface area contributed by atoms with Gasteiger partial charge in [-0.25, -0.2) is 0 Å². The molecule has 0 amide bonds. The van der Waals surface area contributed by atoms with Gasteiger partial charge in [0.15, 0.2) is 0 Å². The van der Waals surface area contributed by atoms with Crippen molar-refractivity contribution < 1.29 is 0 Å². The van der Waals surface area contributed by atoms with Crippen LogP contribution in [0.5, 0.6) is 0 Å². The van der Waals surface area contributed by atoms with Gasteiger partial charge in [-0.3, -0.25) is 0 Å². The number of nitrogens with one attached hydrogen (secondary N) is 1. The Morgan fingerprint density at radius 1 is 0.900 bits per heavy atom. The average Bonchev–Trinajstić information content (AvgIpc) is 2.88. The second-order valence-corrected chi connectivity index (χ2v) is 5.13. The number of fused-ring (bicyclic) bond motifs is 1. The zero-order valence-corrected chi connectivity index (χ0v) is 11.8. The minimum Gasteiger partial charge on any atom is -0.378 e. The van der Waals surface area contributed by atoms with Crippen molar-refractivity contribution >= 4 is 28.7 Å². The van der Waals surface area contributed by atoms with Crippen LogP contribution in [-0.4, -0.2) is 19.1 Å². The summed E-state index contributed by atoms with van der Waals surface area (Å²) in [5.41, 5.74) is 4.72. The van der Waals surface area contributed by atoms with Crippen LogP contribution in [0.15, 0.2) is 54.6 Å². The van der Waals surface area contributed by atoms with Gasteiger partial charge in [-0.15, -0.1) is 0 Å². The summed E-state index contributed by atoms with van der Waals surface area (Å²) >= 11 is 0. The molecule has 2 nitrogen and oxygen atoms in total. The molecule has 0 unspecified atom stereocenters. The Balaban J connectivity index is 1.82. The lowest BCUT2D eigenvalue weighted by molar-refractivity contribution is 1.13. The van der Waals surface area contributed by atoms with Crippen molar-refractivity contribution in [2.45, 2.75) is 0 Å². The van der Waals surface area contributed by atoms with E-state index < -0.39 is 0 Å². The molecule has 0 aliphatic heterocycles. The molecular weight excluding hydrogens is 244 g/mol. The van der Waals surface area contributed by atoms with Crippen molar-refractivity contribution in [3.63, 3.8) is 0 Å². The molecule has 3 aromatic rings. The number of para-hydroxylation sites is 1. The summed E-state index contributed by atoms with van der Waals surface area (Å²) in [6, 6.07) is 19.0. The van der Waals surface area contributed by atoms with Crippen LogP contribution in [0.4, 0.5) is 5.69 Å². The number of hydrogen-bond donors (Lipinski definition) is 1. The van der Waals surface area contributed by atoms with Gasteiger partial charge in [-0.05, 0) is 41.3 Å². The van der Waals surface area contributed by atoms with E-state index in [0.717, 1.165) is 5.69 Å². The largest absolute Gasteiger partial charge is 0.378 e. The van der Waals surface area contributed by atoms with Gasteiger partial charge in [0.05, 0.1) is 0 Å². The highest BCUT2D eigenvalue weighted by molar-refractivity contribution is 5.84. The zero-order valence-electron chi connectivity index (χ0n) is 11.8. The molecule has 2 aromatic carbocycles. The maximum atomic E-state index is 3.40. The summed E-state index contributed by atoms with van der Waals surface area (Å²) in [6.07, 6.45) is 4.24. The first-order valence-electron chi connectivity index (χ1n) is 6.75. The van der Waals surface area contributed by atoms with E-state index in [2.05, 4.69) is 84.7 Å². The molecule has 2 heteroatoms. The lowest BCUT2D eigenvalue weighted by Crippen LogP contribution is -2.07. The first-order chi connectivity index (χ1) is 9.72. The van der Waals surface area contributed by atoms with Crippen molar-refractivity contribution in [3.8, 4) is 0 Å². The fourth-order valence-corrected chi connectivity index (χ4v) is 2.26. The highest BCUT2D eigenvalue weighted by Crippen LogP contribution is 2.18. The predicted molar refractivity (Wildman–Crippen MR) is 88.0 cm³/mol. The summed E-state index contributed by atoms with van der Waals surface area (Å²) in [7, 11) is 4.10. The molecule has 0 aliphatic carbocycles. The molecule has 0 bridgehead atoms. The quantitative estimate of drug-likeness (QED) is 0.741. The van der Waals surface area contributed by atoms with Gasteiger partial charge in [0, 0.05) is 31.0 Å². The van der Waals surface area contributed by atoms with Crippen molar-refractivity contribution in [2.24, 2.45) is 0 Å². The third-order valence-corrected chi connectivity index (χ3v) is 3.42. The molecule has 100 valence electrons. The SMILES string of the molecule is CN(C)c1ccc(C=Cc2cc3ccccc3[nH]2)cc1. The summed E-state index contributed by atoms with van der Waals surface area (Å²) in [5.74, 6) is 0. The van der Waals surface area contributed by atoms with Crippen molar-refractivity contribution in [2.75, 3.05) is 19.0 Å². The topological polar surface area (TPSA) is 19.0 Å². The van der Waals surface area contributed by atoms with Crippen molar-refractivity contribution in [3.05, 3.63) is 65.9 Å². The van der Waals surface area contributed by atoms with E-state index >= 15 is 0 Å². The number of aromatic amines is 1. The standard InChI is InChI=1S/C18H18N2/c1-20(2)17-11-8-14(9-12-17)7-10-16-13-15-5-3-4-6-18(15)19-16/h3-13,19H,1-2H3. The third-order valence-electron chi connectivity index (χ3n) is 3.42. The van der Waals surface area contributed by atoms with E-state index in [0.29, 0.717) is 0 Å². The first-order valence-corrected chi connectivity index (χ1v) is 6.75. The molecule has 1 heterocycles. The number of benzene rings is 2. The van der Waals surface area contributed by atoms with Gasteiger partial charge in [0.1, 0.15) is 0 Å². The van der Waals surface area contributed by atoms with Gasteiger partial charge in [0.25, 0.3) is 0 Å². The minimum absolute atomic E-state index is 1.13. The normalized spacial score (nSPS) is 11.3. The lowest BCUT2D eigenvalue weighted by atomic mass is 10.1. The first kappa shape index (κ1) is 12.5. The molecule has 0 saturated heterocycles. The van der Waals surface area contributed by atoms with Crippen LogP contribution in [0.1, 0.15) is 11.3 Å². The Bertz CT molecular complexity index is 700. The summed E-state index contributed by atoms with van der Waals surface area (Å²) in [5, 5.41) is 1.25. The Labute approximate surface area is 119 Å². The highest BCUT2D eigenvalue weighted by atomic mass is 15.1. The lowest BCUT2D eigenvalue weighted by Gasteiger charge is -2.11. The number of aromatic nitrogens is 1. The molecule has 0 saturated carbocycles. The van der Waals surface area contributed by atoms with E-state index in [9.17, 15) is 0 Å². The van der Waals surface area contributed by atoms with Crippen LogP contribution in [0.2, 0.25) is 0 Å². The Kier molecular flexibility index (Phi) is 3.30. The number of nitrogens with zero attached hydrogens (tertiary/aromatic N) is 1. The molecule has 0 radical (unpaired) electrons. The van der Waals surface area contributed by atoms with Crippen LogP contribution in [0.3, 0.4) is 0 Å². The van der Waals surface area contributed by atoms with Crippen LogP contribution in [0.25, 0.3) is 23.1 Å². The van der Waals surface area contributed by atoms with Crippen LogP contribution in [0, 0.1) is 0 Å². The third kappa shape index (κ3) is 2.59. The van der Waals surface area contributed by atoms with Crippen molar-refractivity contribution in [1.82, 2.24) is 4.98 Å². The van der Waals surface area contributed by atoms with Gasteiger partial charge in [0.2, 0.25) is 0 Å². The Hall–Kier alpha value is -2.48. The molecule has 20 heavy (non-hydrogen) atoms. The van der Waals surface area contributed by atoms with Crippen LogP contribution in [-0.2, 0) is 0 Å². The minimum atomic E-state index is 1.13. The fraction of sp³-hybridized carbons (Fsp3) is 0.111. The number of H-pyrrole nitrogens is 1. The average molecular weight is 262 g/mol. The summed E-state index contributed by atoms with van der Waals surface area (Å²) < 4.78 is 0. The molecule has 0 aliphatic rings. The zero-order chi connectivity index (χ0) is 13.9. The van der Waals surface area contributed by atoms with Gasteiger partial charge >= 0.3 is 0 Å². The monoisotopic (exact) mass is 262 g/mol. The van der Waals surface area contributed by atoms with E-state index in [1.54, 1.807) is 0 Å². The number of rotatable bonds is 3. The number of hydrogen-bond acceptors (Lipinski definition) is 1. The van der Waals surface area contributed by atoms with Crippen molar-refractivity contribution in [1.29, 1.82) is 0 Å². The molecule has 0 spiro atoms. The summed E-state index contributed by atoms with van der Waals surface area (Å²) in [4.78, 5) is 5.50. The molecular formula is C18H18N2. The van der Waals surface area contributed by atoms with Gasteiger partial charge in [-0.2, -0.15) is 0 Å². The molecule has 1 N–H and O–H groups in total. The second-order valence-electron chi connectivity index (χ2n) is 5.13. The molecule has 0 fully saturated rings. The summed E-state index contributed by atoms with van der Waals surface area (Å²) in [6.45, 7) is 0. The predicted octanol–water partition coefficient (Wildman–Crippen LogP) is 4.40. The van der Waals surface area contributed by atoms with E-state index in [1.807, 2.05) is 6.07 Å².